The molecule has 5 rings (SSSR count). The summed E-state index contributed by atoms with van der Waals surface area (Å²) in [6.45, 7) is 2.27. The summed E-state index contributed by atoms with van der Waals surface area (Å²) in [6, 6.07) is 15.6. The van der Waals surface area contributed by atoms with Gasteiger partial charge in [0, 0.05) is 36.2 Å². The van der Waals surface area contributed by atoms with E-state index in [1.54, 1.807) is 10.6 Å². The number of pyridine rings is 1. The van der Waals surface area contributed by atoms with Gasteiger partial charge in [-0.05, 0) is 24.6 Å². The van der Waals surface area contributed by atoms with Gasteiger partial charge in [0.25, 0.3) is 5.56 Å². The molecule has 4 aromatic heterocycles. The van der Waals surface area contributed by atoms with Crippen LogP contribution in [-0.4, -0.2) is 25.1 Å². The van der Waals surface area contributed by atoms with Crippen LogP contribution in [0.4, 0.5) is 5.82 Å². The van der Waals surface area contributed by atoms with Crippen LogP contribution in [0.5, 0.6) is 0 Å². The minimum Gasteiger partial charge on any atom is -0.309 e. The molecule has 0 aliphatic carbocycles. The van der Waals surface area contributed by atoms with E-state index in [0.29, 0.717) is 16.0 Å². The van der Waals surface area contributed by atoms with E-state index in [9.17, 15) is 9.59 Å². The molecule has 5 aromatic rings. The zero-order valence-corrected chi connectivity index (χ0v) is 17.6. The average molecular weight is 430 g/mol. The molecule has 154 valence electrons. The molecule has 7 nitrogen and oxygen atoms in total. The smallest absolute Gasteiger partial charge is 0.262 e. The number of thiophene rings is 1. The molecular formula is C23H19N5O2S. The lowest BCUT2D eigenvalue weighted by atomic mass is 10.1. The molecule has 0 unspecified atom stereocenters. The Kier molecular flexibility index (Phi) is 4.83. The van der Waals surface area contributed by atoms with Crippen molar-refractivity contribution in [2.45, 2.75) is 19.9 Å². The van der Waals surface area contributed by atoms with Crippen LogP contribution in [0, 0.1) is 6.92 Å². The lowest BCUT2D eigenvalue weighted by molar-refractivity contribution is -0.116. The normalized spacial score (nSPS) is 11.3. The first kappa shape index (κ1) is 19.2. The van der Waals surface area contributed by atoms with Crippen LogP contribution in [0.15, 0.2) is 71.2 Å². The number of aromatic nitrogens is 4. The van der Waals surface area contributed by atoms with E-state index in [-0.39, 0.29) is 24.4 Å². The fraction of sp³-hybridized carbons (Fsp3) is 0.130. The summed E-state index contributed by atoms with van der Waals surface area (Å²) in [4.78, 5) is 30.7. The van der Waals surface area contributed by atoms with Crippen LogP contribution in [0.1, 0.15) is 12.0 Å². The summed E-state index contributed by atoms with van der Waals surface area (Å²) in [6.07, 6.45) is 3.47. The summed E-state index contributed by atoms with van der Waals surface area (Å²) >= 11 is 1.45. The Balaban J connectivity index is 1.36. The van der Waals surface area contributed by atoms with Gasteiger partial charge in [0.15, 0.2) is 5.82 Å². The van der Waals surface area contributed by atoms with Gasteiger partial charge >= 0.3 is 0 Å². The van der Waals surface area contributed by atoms with Gasteiger partial charge in [0.05, 0.1) is 17.2 Å². The van der Waals surface area contributed by atoms with Crippen molar-refractivity contribution in [2.75, 3.05) is 5.32 Å². The number of nitrogens with one attached hydrogen (secondary N) is 1. The molecule has 0 saturated carbocycles. The van der Waals surface area contributed by atoms with Crippen LogP contribution in [0.25, 0.3) is 26.9 Å². The molecule has 0 aliphatic rings. The second kappa shape index (κ2) is 7.81. The zero-order valence-electron chi connectivity index (χ0n) is 16.8. The van der Waals surface area contributed by atoms with Crippen LogP contribution >= 0.6 is 11.3 Å². The molecule has 8 heteroatoms. The Morgan fingerprint density at radius 1 is 1.16 bits per heavy atom. The molecule has 0 aliphatic heterocycles. The van der Waals surface area contributed by atoms with Gasteiger partial charge in [-0.2, -0.15) is 5.10 Å². The number of hydrogen-bond donors (Lipinski definition) is 1. The Hall–Kier alpha value is -3.78. The predicted molar refractivity (Wildman–Crippen MR) is 122 cm³/mol. The highest BCUT2D eigenvalue weighted by atomic mass is 32.1. The topological polar surface area (TPSA) is 81.3 Å². The monoisotopic (exact) mass is 429 g/mol. The number of amides is 1. The van der Waals surface area contributed by atoms with Crippen molar-refractivity contribution in [1.82, 2.24) is 19.2 Å². The standard InChI is InChI=1S/C23H19N5O2S/c1-15-5-7-16(8-6-15)18-13-31-22-21(18)23(30)27(14-24-22)11-9-20(29)25-19-12-17-4-2-3-10-28(17)26-19/h2-8,10,12-14H,9,11H2,1H3,(H,25,26,29). The van der Waals surface area contributed by atoms with Crippen molar-refractivity contribution in [3.8, 4) is 11.1 Å². The molecule has 0 fully saturated rings. The van der Waals surface area contributed by atoms with E-state index in [1.165, 1.54) is 22.2 Å². The maximum atomic E-state index is 13.1. The maximum Gasteiger partial charge on any atom is 0.262 e. The highest BCUT2D eigenvalue weighted by molar-refractivity contribution is 7.17. The second-order valence-corrected chi connectivity index (χ2v) is 8.19. The summed E-state index contributed by atoms with van der Waals surface area (Å²) in [5.74, 6) is 0.274. The van der Waals surface area contributed by atoms with Gasteiger partial charge in [-0.15, -0.1) is 11.3 Å². The first-order chi connectivity index (χ1) is 15.1. The number of rotatable bonds is 5. The maximum absolute atomic E-state index is 13.1. The Morgan fingerprint density at radius 2 is 2.00 bits per heavy atom. The first-order valence-corrected chi connectivity index (χ1v) is 10.7. The van der Waals surface area contributed by atoms with Crippen molar-refractivity contribution in [3.63, 3.8) is 0 Å². The van der Waals surface area contributed by atoms with E-state index < -0.39 is 0 Å². The summed E-state index contributed by atoms with van der Waals surface area (Å²) in [7, 11) is 0. The second-order valence-electron chi connectivity index (χ2n) is 7.34. The number of fused-ring (bicyclic) bond motifs is 2. The fourth-order valence-electron chi connectivity index (χ4n) is 3.50. The van der Waals surface area contributed by atoms with E-state index in [1.807, 2.05) is 61.0 Å². The third kappa shape index (κ3) is 3.73. The van der Waals surface area contributed by atoms with E-state index >= 15 is 0 Å². The minimum atomic E-state index is -0.209. The number of anilines is 1. The SMILES string of the molecule is Cc1ccc(-c2csc3ncn(CCC(=O)Nc4cc5ccccn5n4)c(=O)c23)cc1. The Bertz CT molecular complexity index is 1430. The van der Waals surface area contributed by atoms with Crippen LogP contribution in [0.3, 0.4) is 0 Å². The van der Waals surface area contributed by atoms with Crippen LogP contribution < -0.4 is 10.9 Å². The van der Waals surface area contributed by atoms with Gasteiger partial charge in [-0.25, -0.2) is 9.50 Å². The predicted octanol–water partition coefficient (Wildman–Crippen LogP) is 4.11. The first-order valence-electron chi connectivity index (χ1n) is 9.86. The molecule has 31 heavy (non-hydrogen) atoms. The molecule has 1 N–H and O–H groups in total. The Morgan fingerprint density at radius 3 is 2.81 bits per heavy atom. The molecule has 0 spiro atoms. The van der Waals surface area contributed by atoms with Crippen molar-refractivity contribution in [3.05, 3.63) is 82.4 Å². The van der Waals surface area contributed by atoms with Gasteiger partial charge in [-0.3, -0.25) is 14.2 Å². The lowest BCUT2D eigenvalue weighted by Crippen LogP contribution is -2.23. The van der Waals surface area contributed by atoms with E-state index in [2.05, 4.69) is 15.4 Å². The third-order valence-electron chi connectivity index (χ3n) is 5.14. The molecule has 0 atom stereocenters. The third-order valence-corrected chi connectivity index (χ3v) is 6.03. The fourth-order valence-corrected chi connectivity index (χ4v) is 4.41. The quantitative estimate of drug-likeness (QED) is 0.456. The lowest BCUT2D eigenvalue weighted by Gasteiger charge is -2.06. The number of carbonyl (C=O) groups is 1. The number of nitrogens with zero attached hydrogens (tertiary/aromatic N) is 4. The van der Waals surface area contributed by atoms with Crippen LogP contribution in [0.2, 0.25) is 0 Å². The summed E-state index contributed by atoms with van der Waals surface area (Å²) < 4.78 is 3.19. The molecular weight excluding hydrogens is 410 g/mol. The van der Waals surface area contributed by atoms with Crippen molar-refractivity contribution < 1.29 is 4.79 Å². The number of hydrogen-bond acceptors (Lipinski definition) is 5. The molecule has 0 radical (unpaired) electrons. The molecule has 1 amide bonds. The van der Waals surface area contributed by atoms with Gasteiger partial charge in [-0.1, -0.05) is 35.9 Å². The van der Waals surface area contributed by atoms with E-state index in [4.69, 9.17) is 0 Å². The number of aryl methyl sites for hydroxylation is 2. The zero-order chi connectivity index (χ0) is 21.4. The van der Waals surface area contributed by atoms with Gasteiger partial charge in [0.2, 0.25) is 5.91 Å². The summed E-state index contributed by atoms with van der Waals surface area (Å²) in [5.41, 5.74) is 3.78. The highest BCUT2D eigenvalue weighted by Gasteiger charge is 2.14. The largest absolute Gasteiger partial charge is 0.309 e. The Labute approximate surface area is 181 Å². The van der Waals surface area contributed by atoms with E-state index in [0.717, 1.165) is 22.2 Å². The molecule has 4 heterocycles. The van der Waals surface area contributed by atoms with Crippen molar-refractivity contribution in [1.29, 1.82) is 0 Å². The molecule has 0 bridgehead atoms. The molecule has 1 aromatic carbocycles. The van der Waals surface area contributed by atoms with Crippen molar-refractivity contribution in [2.24, 2.45) is 0 Å². The minimum absolute atomic E-state index is 0.137. The molecule has 0 saturated heterocycles. The van der Waals surface area contributed by atoms with Gasteiger partial charge in [0.1, 0.15) is 4.83 Å². The number of benzene rings is 1. The van der Waals surface area contributed by atoms with Crippen LogP contribution in [-0.2, 0) is 11.3 Å². The van der Waals surface area contributed by atoms with Crippen molar-refractivity contribution >= 4 is 38.8 Å². The number of carbonyl (C=O) groups excluding carboxylic acids is 1. The highest BCUT2D eigenvalue weighted by Crippen LogP contribution is 2.30. The van der Waals surface area contributed by atoms with Gasteiger partial charge < -0.3 is 5.32 Å². The average Bonchev–Trinajstić information content (AvgIpc) is 3.38. The summed E-state index contributed by atoms with van der Waals surface area (Å²) in [5, 5.41) is 9.66.